The van der Waals surface area contributed by atoms with Gasteiger partial charge in [-0.1, -0.05) is 0 Å². The van der Waals surface area contributed by atoms with Gasteiger partial charge in [-0.25, -0.2) is 0 Å². The van der Waals surface area contributed by atoms with E-state index in [0.717, 1.165) is 49.3 Å². The molecule has 1 aromatic rings. The zero-order valence-electron chi connectivity index (χ0n) is 12.3. The summed E-state index contributed by atoms with van der Waals surface area (Å²) in [6.45, 7) is 4.65. The molecule has 21 heavy (non-hydrogen) atoms. The highest BCUT2D eigenvalue weighted by Crippen LogP contribution is 2.24. The number of benzene rings is 1. The second-order valence-electron chi connectivity index (χ2n) is 5.59. The Morgan fingerprint density at radius 2 is 2.38 bits per heavy atom. The van der Waals surface area contributed by atoms with E-state index in [4.69, 9.17) is 10.4 Å². The third-order valence-corrected chi connectivity index (χ3v) is 3.92. The average molecular weight is 287 g/mol. The number of nitrogens with zero attached hydrogens (tertiary/aromatic N) is 2. The molecule has 0 radical (unpaired) electrons. The molecule has 0 saturated carbocycles. The normalized spacial score (nSPS) is 18.3. The first kappa shape index (κ1) is 15.3. The maximum atomic E-state index is 10.5. The van der Waals surface area contributed by atoms with Crippen molar-refractivity contribution in [2.24, 2.45) is 5.92 Å². The van der Waals surface area contributed by atoms with Gasteiger partial charge in [0, 0.05) is 25.3 Å². The van der Waals surface area contributed by atoms with Crippen molar-refractivity contribution in [3.8, 4) is 6.07 Å². The van der Waals surface area contributed by atoms with E-state index in [1.54, 1.807) is 0 Å². The molecular formula is C16H21N3O2. The number of carboxylic acid groups (broad SMARTS) is 1. The molecular weight excluding hydrogens is 266 g/mol. The van der Waals surface area contributed by atoms with Gasteiger partial charge in [0.1, 0.15) is 0 Å². The van der Waals surface area contributed by atoms with Crippen LogP contribution in [-0.4, -0.2) is 37.3 Å². The first-order valence-corrected chi connectivity index (χ1v) is 7.28. The van der Waals surface area contributed by atoms with Crippen molar-refractivity contribution in [1.29, 1.82) is 5.26 Å². The Labute approximate surface area is 125 Å². The number of nitriles is 1. The van der Waals surface area contributed by atoms with Crippen LogP contribution < -0.4 is 10.2 Å². The highest BCUT2D eigenvalue weighted by atomic mass is 16.4. The summed E-state index contributed by atoms with van der Waals surface area (Å²) in [4.78, 5) is 12.8. The molecule has 0 aliphatic carbocycles. The van der Waals surface area contributed by atoms with Crippen molar-refractivity contribution < 1.29 is 9.90 Å². The SMILES string of the molecule is Cc1cc(N2CCCC(CNCC(=O)O)C2)ccc1C#N. The minimum absolute atomic E-state index is 0.0203. The topological polar surface area (TPSA) is 76.4 Å². The van der Waals surface area contributed by atoms with Gasteiger partial charge in [-0.3, -0.25) is 4.79 Å². The summed E-state index contributed by atoms with van der Waals surface area (Å²) in [5.41, 5.74) is 2.87. The lowest BCUT2D eigenvalue weighted by Gasteiger charge is -2.34. The van der Waals surface area contributed by atoms with Crippen LogP contribution in [0.1, 0.15) is 24.0 Å². The van der Waals surface area contributed by atoms with Gasteiger partial charge in [0.25, 0.3) is 0 Å². The van der Waals surface area contributed by atoms with Crippen molar-refractivity contribution in [3.63, 3.8) is 0 Å². The van der Waals surface area contributed by atoms with Crippen LogP contribution in [0.25, 0.3) is 0 Å². The zero-order chi connectivity index (χ0) is 15.2. The monoisotopic (exact) mass is 287 g/mol. The molecule has 5 heteroatoms. The van der Waals surface area contributed by atoms with Crippen LogP contribution in [-0.2, 0) is 4.79 Å². The number of nitrogens with one attached hydrogen (secondary N) is 1. The van der Waals surface area contributed by atoms with Crippen LogP contribution >= 0.6 is 0 Å². The number of rotatable bonds is 5. The summed E-state index contributed by atoms with van der Waals surface area (Å²) in [6.07, 6.45) is 2.23. The maximum absolute atomic E-state index is 10.5. The zero-order valence-corrected chi connectivity index (χ0v) is 12.3. The summed E-state index contributed by atoms with van der Waals surface area (Å²) in [6, 6.07) is 8.12. The lowest BCUT2D eigenvalue weighted by molar-refractivity contribution is -0.136. The molecule has 1 unspecified atom stereocenters. The summed E-state index contributed by atoms with van der Waals surface area (Å²) in [7, 11) is 0. The van der Waals surface area contributed by atoms with Crippen molar-refractivity contribution in [3.05, 3.63) is 29.3 Å². The molecule has 1 aliphatic rings. The Bertz CT molecular complexity index is 551. The predicted molar refractivity (Wildman–Crippen MR) is 81.3 cm³/mol. The molecule has 0 spiro atoms. The number of hydrogen-bond donors (Lipinski definition) is 2. The van der Waals surface area contributed by atoms with Crippen molar-refractivity contribution in [2.75, 3.05) is 31.1 Å². The fourth-order valence-corrected chi connectivity index (χ4v) is 2.82. The van der Waals surface area contributed by atoms with E-state index in [1.165, 1.54) is 0 Å². The van der Waals surface area contributed by atoms with E-state index in [2.05, 4.69) is 22.4 Å². The highest BCUT2D eigenvalue weighted by molar-refractivity contribution is 5.69. The van der Waals surface area contributed by atoms with Crippen LogP contribution in [0, 0.1) is 24.2 Å². The van der Waals surface area contributed by atoms with Crippen LogP contribution in [0.3, 0.4) is 0 Å². The molecule has 1 aliphatic heterocycles. The minimum Gasteiger partial charge on any atom is -0.480 e. The minimum atomic E-state index is -0.814. The first-order valence-electron chi connectivity index (χ1n) is 7.28. The molecule has 1 saturated heterocycles. The third-order valence-electron chi connectivity index (χ3n) is 3.92. The number of aliphatic carboxylic acids is 1. The first-order chi connectivity index (χ1) is 10.1. The van der Waals surface area contributed by atoms with E-state index in [1.807, 2.05) is 19.1 Å². The maximum Gasteiger partial charge on any atom is 0.317 e. The summed E-state index contributed by atoms with van der Waals surface area (Å²) in [5, 5.41) is 20.6. The van der Waals surface area contributed by atoms with E-state index in [0.29, 0.717) is 5.92 Å². The van der Waals surface area contributed by atoms with Crippen molar-refractivity contribution >= 4 is 11.7 Å². The molecule has 1 aromatic carbocycles. The fraction of sp³-hybridized carbons (Fsp3) is 0.500. The summed E-state index contributed by atoms with van der Waals surface area (Å²) in [5.74, 6) is -0.348. The number of carbonyl (C=O) groups is 1. The molecule has 0 amide bonds. The number of aryl methyl sites for hydroxylation is 1. The van der Waals surface area contributed by atoms with Gasteiger partial charge < -0.3 is 15.3 Å². The van der Waals surface area contributed by atoms with E-state index >= 15 is 0 Å². The van der Waals surface area contributed by atoms with Crippen LogP contribution in [0.5, 0.6) is 0 Å². The Hall–Kier alpha value is -2.06. The second-order valence-corrected chi connectivity index (χ2v) is 5.59. The number of carboxylic acids is 1. The Balaban J connectivity index is 1.96. The standard InChI is InChI=1S/C16H21N3O2/c1-12-7-15(5-4-14(12)8-17)19-6-2-3-13(11-19)9-18-10-16(20)21/h4-5,7,13,18H,2-3,6,9-11H2,1H3,(H,20,21). The van der Waals surface area contributed by atoms with Gasteiger partial charge in [-0.2, -0.15) is 5.26 Å². The van der Waals surface area contributed by atoms with Gasteiger partial charge in [0.05, 0.1) is 18.2 Å². The van der Waals surface area contributed by atoms with Gasteiger partial charge in [-0.05, 0) is 49.4 Å². The van der Waals surface area contributed by atoms with Crippen molar-refractivity contribution in [1.82, 2.24) is 5.32 Å². The van der Waals surface area contributed by atoms with Crippen molar-refractivity contribution in [2.45, 2.75) is 19.8 Å². The quantitative estimate of drug-likeness (QED) is 0.863. The van der Waals surface area contributed by atoms with E-state index < -0.39 is 5.97 Å². The number of hydrogen-bond acceptors (Lipinski definition) is 4. The summed E-state index contributed by atoms with van der Waals surface area (Å²) < 4.78 is 0. The van der Waals surface area contributed by atoms with Crippen LogP contribution in [0.2, 0.25) is 0 Å². The van der Waals surface area contributed by atoms with Gasteiger partial charge in [0.15, 0.2) is 0 Å². The van der Waals surface area contributed by atoms with Gasteiger partial charge in [-0.15, -0.1) is 0 Å². The lowest BCUT2D eigenvalue weighted by Crippen LogP contribution is -2.40. The molecule has 112 valence electrons. The average Bonchev–Trinajstić information content (AvgIpc) is 2.47. The molecule has 0 bridgehead atoms. The predicted octanol–water partition coefficient (Wildman–Crippen LogP) is 1.76. The Kier molecular flexibility index (Phi) is 5.18. The lowest BCUT2D eigenvalue weighted by atomic mass is 9.97. The molecule has 2 rings (SSSR count). The molecule has 0 aromatic heterocycles. The Morgan fingerprint density at radius 1 is 1.57 bits per heavy atom. The Morgan fingerprint density at radius 3 is 3.05 bits per heavy atom. The molecule has 5 nitrogen and oxygen atoms in total. The van der Waals surface area contributed by atoms with E-state index in [-0.39, 0.29) is 6.54 Å². The van der Waals surface area contributed by atoms with Crippen LogP contribution in [0.15, 0.2) is 18.2 Å². The molecule has 1 atom stereocenters. The molecule has 1 heterocycles. The van der Waals surface area contributed by atoms with Gasteiger partial charge in [0.2, 0.25) is 0 Å². The third kappa shape index (κ3) is 4.20. The van der Waals surface area contributed by atoms with Gasteiger partial charge >= 0.3 is 5.97 Å². The van der Waals surface area contributed by atoms with E-state index in [9.17, 15) is 4.79 Å². The second kappa shape index (κ2) is 7.09. The summed E-state index contributed by atoms with van der Waals surface area (Å²) >= 11 is 0. The fourth-order valence-electron chi connectivity index (χ4n) is 2.82. The van der Waals surface area contributed by atoms with Crippen LogP contribution in [0.4, 0.5) is 5.69 Å². The highest BCUT2D eigenvalue weighted by Gasteiger charge is 2.20. The number of anilines is 1. The molecule has 1 fully saturated rings. The largest absolute Gasteiger partial charge is 0.480 e. The number of piperidine rings is 1. The smallest absolute Gasteiger partial charge is 0.317 e. The molecule has 2 N–H and O–H groups in total.